The predicted octanol–water partition coefficient (Wildman–Crippen LogP) is 1.51. The number of methoxy groups -OCH3 is 2. The lowest BCUT2D eigenvalue weighted by atomic mass is 10.1. The van der Waals surface area contributed by atoms with Crippen LogP contribution in [-0.4, -0.2) is 38.8 Å². The smallest absolute Gasteiger partial charge is 0.329 e. The third kappa shape index (κ3) is 5.62. The average Bonchev–Trinajstić information content (AvgIpc) is 2.68. The third-order valence-electron chi connectivity index (χ3n) is 3.56. The molecule has 0 spiro atoms. The van der Waals surface area contributed by atoms with E-state index in [-0.39, 0.29) is 0 Å². The molecule has 0 heterocycles. The van der Waals surface area contributed by atoms with Crippen molar-refractivity contribution in [3.63, 3.8) is 0 Å². The van der Waals surface area contributed by atoms with Crippen molar-refractivity contribution < 1.29 is 19.1 Å². The molecule has 0 radical (unpaired) electrons. The molecule has 2 amide bonds. The summed E-state index contributed by atoms with van der Waals surface area (Å²) in [5.74, 6) is -0.392. The molecule has 2 aromatic carbocycles. The minimum atomic E-state index is -0.832. The summed E-state index contributed by atoms with van der Waals surface area (Å²) >= 11 is 0. The van der Waals surface area contributed by atoms with Crippen molar-refractivity contribution in [2.45, 2.75) is 6.42 Å². The number of carbonyl (C=O) groups excluding carboxylic acids is 2. The molecule has 0 unspecified atom stereocenters. The second-order valence-electron chi connectivity index (χ2n) is 5.30. The van der Waals surface area contributed by atoms with Crippen LogP contribution in [0.4, 0.5) is 0 Å². The van der Waals surface area contributed by atoms with Crippen LogP contribution in [0.5, 0.6) is 11.5 Å². The van der Waals surface area contributed by atoms with E-state index in [1.54, 1.807) is 25.3 Å². The molecule has 0 saturated carbocycles. The van der Waals surface area contributed by atoms with Gasteiger partial charge in [-0.05, 0) is 24.1 Å². The molecule has 0 saturated heterocycles. The van der Waals surface area contributed by atoms with E-state index >= 15 is 0 Å². The number of carbonyl (C=O) groups is 2. The van der Waals surface area contributed by atoms with E-state index in [1.165, 1.54) is 13.3 Å². The van der Waals surface area contributed by atoms with Gasteiger partial charge in [-0.1, -0.05) is 30.3 Å². The highest BCUT2D eigenvalue weighted by Gasteiger charge is 2.11. The molecular formula is C19H21N3O4. The fourth-order valence-electron chi connectivity index (χ4n) is 2.18. The Morgan fingerprint density at radius 1 is 1.04 bits per heavy atom. The van der Waals surface area contributed by atoms with Crippen LogP contribution in [0, 0.1) is 0 Å². The van der Waals surface area contributed by atoms with Gasteiger partial charge in [0.1, 0.15) is 11.5 Å². The van der Waals surface area contributed by atoms with Crippen LogP contribution < -0.4 is 20.2 Å². The quantitative estimate of drug-likeness (QED) is 0.448. The first-order valence-corrected chi connectivity index (χ1v) is 8.01. The maximum atomic E-state index is 11.7. The lowest BCUT2D eigenvalue weighted by molar-refractivity contribution is -0.139. The second-order valence-corrected chi connectivity index (χ2v) is 5.30. The molecule has 2 rings (SSSR count). The van der Waals surface area contributed by atoms with Crippen LogP contribution in [-0.2, 0) is 16.0 Å². The summed E-state index contributed by atoms with van der Waals surface area (Å²) in [4.78, 5) is 23.5. The highest BCUT2D eigenvalue weighted by Crippen LogP contribution is 2.22. The van der Waals surface area contributed by atoms with Crippen LogP contribution in [0.15, 0.2) is 53.6 Å². The lowest BCUT2D eigenvalue weighted by Gasteiger charge is -2.07. The van der Waals surface area contributed by atoms with Crippen LogP contribution >= 0.6 is 0 Å². The molecule has 0 bridgehead atoms. The largest absolute Gasteiger partial charge is 0.497 e. The Labute approximate surface area is 152 Å². The highest BCUT2D eigenvalue weighted by molar-refractivity contribution is 6.35. The van der Waals surface area contributed by atoms with Crippen LogP contribution in [0.2, 0.25) is 0 Å². The van der Waals surface area contributed by atoms with E-state index < -0.39 is 11.8 Å². The van der Waals surface area contributed by atoms with Crippen molar-refractivity contribution >= 4 is 18.0 Å². The van der Waals surface area contributed by atoms with E-state index in [2.05, 4.69) is 15.8 Å². The molecule has 26 heavy (non-hydrogen) atoms. The van der Waals surface area contributed by atoms with E-state index in [0.717, 1.165) is 5.56 Å². The number of benzene rings is 2. The molecule has 0 aliphatic heterocycles. The number of hydrazone groups is 1. The number of nitrogens with zero attached hydrogens (tertiary/aromatic N) is 1. The summed E-state index contributed by atoms with van der Waals surface area (Å²) in [7, 11) is 3.07. The minimum absolute atomic E-state index is 0.367. The van der Waals surface area contributed by atoms with Gasteiger partial charge in [-0.25, -0.2) is 5.43 Å². The van der Waals surface area contributed by atoms with E-state index in [1.807, 2.05) is 30.3 Å². The number of rotatable bonds is 7. The normalized spacial score (nSPS) is 10.4. The van der Waals surface area contributed by atoms with Gasteiger partial charge in [-0.2, -0.15) is 5.10 Å². The second kappa shape index (κ2) is 9.83. The molecule has 2 N–H and O–H groups in total. The SMILES string of the molecule is COc1ccc(/C=N/NC(=O)C(=O)NCCc2ccccc2)c(OC)c1. The zero-order valence-electron chi connectivity index (χ0n) is 14.7. The Hall–Kier alpha value is -3.35. The Bertz CT molecular complexity index is 776. The molecule has 2 aromatic rings. The molecule has 0 atom stereocenters. The predicted molar refractivity (Wildman–Crippen MR) is 98.4 cm³/mol. The van der Waals surface area contributed by atoms with Gasteiger partial charge in [0.25, 0.3) is 0 Å². The van der Waals surface area contributed by atoms with Crippen molar-refractivity contribution in [3.8, 4) is 11.5 Å². The third-order valence-corrected chi connectivity index (χ3v) is 3.56. The number of amides is 2. The standard InChI is InChI=1S/C19H21N3O4/c1-25-16-9-8-15(17(12-16)26-2)13-21-22-19(24)18(23)20-11-10-14-6-4-3-5-7-14/h3-9,12-13H,10-11H2,1-2H3,(H,20,23)(H,22,24)/b21-13+. The van der Waals surface area contributed by atoms with Gasteiger partial charge < -0.3 is 14.8 Å². The molecule has 0 aliphatic rings. The molecule has 136 valence electrons. The lowest BCUT2D eigenvalue weighted by Crippen LogP contribution is -2.38. The van der Waals surface area contributed by atoms with Crippen molar-refractivity contribution in [3.05, 3.63) is 59.7 Å². The molecule has 7 heteroatoms. The minimum Gasteiger partial charge on any atom is -0.497 e. The summed E-state index contributed by atoms with van der Waals surface area (Å²) in [5.41, 5.74) is 3.91. The monoisotopic (exact) mass is 355 g/mol. The van der Waals surface area contributed by atoms with E-state index in [4.69, 9.17) is 9.47 Å². The maximum absolute atomic E-state index is 11.7. The topological polar surface area (TPSA) is 89.0 Å². The average molecular weight is 355 g/mol. The molecule has 0 fully saturated rings. The Morgan fingerprint density at radius 3 is 2.50 bits per heavy atom. The summed E-state index contributed by atoms with van der Waals surface area (Å²) in [6.07, 6.45) is 2.04. The van der Waals surface area contributed by atoms with Gasteiger partial charge in [0.15, 0.2) is 0 Å². The number of ether oxygens (including phenoxy) is 2. The van der Waals surface area contributed by atoms with Crippen molar-refractivity contribution in [1.29, 1.82) is 0 Å². The van der Waals surface area contributed by atoms with Gasteiger partial charge in [0, 0.05) is 18.2 Å². The van der Waals surface area contributed by atoms with E-state index in [0.29, 0.717) is 30.0 Å². The first kappa shape index (κ1) is 19.0. The Kier molecular flexibility index (Phi) is 7.17. The van der Waals surface area contributed by atoms with Crippen molar-refractivity contribution in [1.82, 2.24) is 10.7 Å². The highest BCUT2D eigenvalue weighted by atomic mass is 16.5. The van der Waals surface area contributed by atoms with Crippen LogP contribution in [0.25, 0.3) is 0 Å². The maximum Gasteiger partial charge on any atom is 0.329 e. The summed E-state index contributed by atoms with van der Waals surface area (Å²) in [6.45, 7) is 0.367. The first-order valence-electron chi connectivity index (χ1n) is 8.01. The fraction of sp³-hybridized carbons (Fsp3) is 0.211. The van der Waals surface area contributed by atoms with Gasteiger partial charge in [0.05, 0.1) is 20.4 Å². The molecular weight excluding hydrogens is 334 g/mol. The Balaban J connectivity index is 1.81. The van der Waals surface area contributed by atoms with Gasteiger partial charge in [-0.3, -0.25) is 9.59 Å². The number of hydrogen-bond donors (Lipinski definition) is 2. The van der Waals surface area contributed by atoms with E-state index in [9.17, 15) is 9.59 Å². The van der Waals surface area contributed by atoms with Gasteiger partial charge in [-0.15, -0.1) is 0 Å². The number of nitrogens with one attached hydrogen (secondary N) is 2. The van der Waals surface area contributed by atoms with Gasteiger partial charge in [0.2, 0.25) is 0 Å². The van der Waals surface area contributed by atoms with Crippen LogP contribution in [0.1, 0.15) is 11.1 Å². The number of hydrogen-bond acceptors (Lipinski definition) is 5. The molecule has 7 nitrogen and oxygen atoms in total. The van der Waals surface area contributed by atoms with Gasteiger partial charge >= 0.3 is 11.8 Å². The van der Waals surface area contributed by atoms with Crippen molar-refractivity contribution in [2.75, 3.05) is 20.8 Å². The zero-order chi connectivity index (χ0) is 18.8. The van der Waals surface area contributed by atoms with Crippen molar-refractivity contribution in [2.24, 2.45) is 5.10 Å². The summed E-state index contributed by atoms with van der Waals surface area (Å²) in [6, 6.07) is 14.8. The Morgan fingerprint density at radius 2 is 1.81 bits per heavy atom. The fourth-order valence-corrected chi connectivity index (χ4v) is 2.18. The first-order chi connectivity index (χ1) is 12.6. The summed E-state index contributed by atoms with van der Waals surface area (Å²) < 4.78 is 10.3. The molecule has 0 aromatic heterocycles. The van der Waals surface area contributed by atoms with Crippen LogP contribution in [0.3, 0.4) is 0 Å². The molecule has 0 aliphatic carbocycles. The zero-order valence-corrected chi connectivity index (χ0v) is 14.7. The summed E-state index contributed by atoms with van der Waals surface area (Å²) in [5, 5.41) is 6.34.